The van der Waals surface area contributed by atoms with Crippen LogP contribution in [0.4, 0.5) is 8.78 Å². The number of aromatic amines is 1. The number of H-pyrrole nitrogens is 1. The van der Waals surface area contributed by atoms with Crippen LogP contribution < -0.4 is 5.56 Å². The van der Waals surface area contributed by atoms with Gasteiger partial charge < -0.3 is 0 Å². The van der Waals surface area contributed by atoms with Crippen LogP contribution >= 0.6 is 0 Å². The van der Waals surface area contributed by atoms with Crippen molar-refractivity contribution in [2.24, 2.45) is 0 Å². The molecule has 0 spiro atoms. The maximum Gasteiger partial charge on any atom is 0.255 e. The van der Waals surface area contributed by atoms with E-state index in [-0.39, 0.29) is 11.1 Å². The van der Waals surface area contributed by atoms with Crippen molar-refractivity contribution in [2.75, 3.05) is 0 Å². The quantitative estimate of drug-likeness (QED) is 0.624. The molecule has 13 heavy (non-hydrogen) atoms. The Balaban J connectivity index is 0.000000671. The van der Waals surface area contributed by atoms with Crippen LogP contribution in [0.3, 0.4) is 0 Å². The van der Waals surface area contributed by atoms with Gasteiger partial charge >= 0.3 is 0 Å². The minimum Gasteiger partial charge on any atom is -0.298 e. The number of aromatic nitrogens is 1. The minimum atomic E-state index is -0.905. The first-order valence-electron chi connectivity index (χ1n) is 4.08. The van der Waals surface area contributed by atoms with E-state index in [9.17, 15) is 13.6 Å². The van der Waals surface area contributed by atoms with Gasteiger partial charge in [-0.05, 0) is 13.8 Å². The molecule has 1 N–H and O–H groups in total. The minimum absolute atomic E-state index is 0.0797. The van der Waals surface area contributed by atoms with E-state index in [2.05, 4.69) is 0 Å². The van der Waals surface area contributed by atoms with Gasteiger partial charge in [-0.2, -0.15) is 4.39 Å². The zero-order chi connectivity index (χ0) is 10.6. The lowest BCUT2D eigenvalue weighted by atomic mass is 10.2. The average molecular weight is 189 g/mol. The summed E-state index contributed by atoms with van der Waals surface area (Å²) in [6.07, 6.45) is 0. The fourth-order valence-corrected chi connectivity index (χ4v) is 0.764. The first kappa shape index (κ1) is 11.8. The fourth-order valence-electron chi connectivity index (χ4n) is 0.764. The van der Waals surface area contributed by atoms with Crippen LogP contribution in [0.5, 0.6) is 0 Å². The van der Waals surface area contributed by atoms with Gasteiger partial charge in [0.1, 0.15) is 5.82 Å². The summed E-state index contributed by atoms with van der Waals surface area (Å²) >= 11 is 0. The Kier molecular flexibility index (Phi) is 4.31. The van der Waals surface area contributed by atoms with Gasteiger partial charge in [0.25, 0.3) is 5.56 Å². The van der Waals surface area contributed by atoms with Crippen molar-refractivity contribution < 1.29 is 8.78 Å². The second-order valence-electron chi connectivity index (χ2n) is 2.33. The van der Waals surface area contributed by atoms with Gasteiger partial charge in [-0.25, -0.2) is 4.39 Å². The summed E-state index contributed by atoms with van der Waals surface area (Å²) in [5.41, 5.74) is -0.948. The third-order valence-corrected chi connectivity index (χ3v) is 1.55. The van der Waals surface area contributed by atoms with Gasteiger partial charge in [0.15, 0.2) is 5.95 Å². The molecule has 0 radical (unpaired) electrons. The highest BCUT2D eigenvalue weighted by molar-refractivity contribution is 5.19. The highest BCUT2D eigenvalue weighted by Crippen LogP contribution is 2.08. The third kappa shape index (κ3) is 2.37. The Morgan fingerprint density at radius 2 is 1.54 bits per heavy atom. The van der Waals surface area contributed by atoms with Crippen molar-refractivity contribution in [3.63, 3.8) is 0 Å². The Morgan fingerprint density at radius 1 is 1.08 bits per heavy atom. The van der Waals surface area contributed by atoms with Gasteiger partial charge in [-0.3, -0.25) is 9.78 Å². The van der Waals surface area contributed by atoms with E-state index in [4.69, 9.17) is 0 Å². The van der Waals surface area contributed by atoms with Crippen LogP contribution in [0.1, 0.15) is 25.0 Å². The number of halogens is 2. The molecule has 0 saturated heterocycles. The molecular weight excluding hydrogens is 176 g/mol. The molecule has 0 aliphatic carbocycles. The van der Waals surface area contributed by atoms with Crippen LogP contribution in [0.2, 0.25) is 0 Å². The lowest BCUT2D eigenvalue weighted by molar-refractivity contribution is 0.527. The molecule has 0 aliphatic rings. The number of hydrogen-bond acceptors (Lipinski definition) is 1. The van der Waals surface area contributed by atoms with Gasteiger partial charge in [0.05, 0.1) is 5.56 Å². The zero-order valence-corrected chi connectivity index (χ0v) is 8.16. The number of rotatable bonds is 0. The number of nitrogens with one attached hydrogen (secondary N) is 1. The molecule has 1 rings (SSSR count). The molecule has 2 nitrogen and oxygen atoms in total. The average Bonchev–Trinajstić information content (AvgIpc) is 2.15. The smallest absolute Gasteiger partial charge is 0.255 e. The summed E-state index contributed by atoms with van der Waals surface area (Å²) in [4.78, 5) is 12.6. The standard InChI is InChI=1S/C7H7F2NO.C2H6/c1-3-5(8)4(2)7(11)10-6(3)9;1-2/h1-2H3,(H,10,11);1-2H3. The molecule has 0 fully saturated rings. The zero-order valence-electron chi connectivity index (χ0n) is 8.16. The molecule has 0 aliphatic heterocycles. The summed E-state index contributed by atoms with van der Waals surface area (Å²) in [7, 11) is 0. The first-order valence-corrected chi connectivity index (χ1v) is 4.08. The molecule has 0 amide bonds. The monoisotopic (exact) mass is 189 g/mol. The summed E-state index contributed by atoms with van der Waals surface area (Å²) in [5.74, 6) is -1.68. The molecule has 1 aromatic rings. The van der Waals surface area contributed by atoms with Crippen LogP contribution in [0.15, 0.2) is 4.79 Å². The molecular formula is C9H13F2NO. The van der Waals surface area contributed by atoms with Gasteiger partial charge in [-0.15, -0.1) is 0 Å². The second-order valence-corrected chi connectivity index (χ2v) is 2.33. The van der Waals surface area contributed by atoms with Crippen LogP contribution in [-0.2, 0) is 0 Å². The molecule has 74 valence electrons. The molecule has 1 heterocycles. The molecule has 0 unspecified atom stereocenters. The Labute approximate surface area is 75.6 Å². The molecule has 0 saturated carbocycles. The number of hydrogen-bond donors (Lipinski definition) is 1. The molecule has 0 aromatic carbocycles. The second kappa shape index (κ2) is 4.74. The van der Waals surface area contributed by atoms with Crippen LogP contribution in [0, 0.1) is 25.6 Å². The van der Waals surface area contributed by atoms with Crippen molar-refractivity contribution in [2.45, 2.75) is 27.7 Å². The molecule has 0 bridgehead atoms. The maximum atomic E-state index is 12.8. The first-order chi connectivity index (χ1) is 6.04. The lowest BCUT2D eigenvalue weighted by Crippen LogP contribution is -2.15. The van der Waals surface area contributed by atoms with Crippen molar-refractivity contribution in [1.82, 2.24) is 4.98 Å². The van der Waals surface area contributed by atoms with E-state index in [1.165, 1.54) is 13.8 Å². The highest BCUT2D eigenvalue weighted by Gasteiger charge is 2.09. The van der Waals surface area contributed by atoms with Crippen molar-refractivity contribution in [3.05, 3.63) is 33.2 Å². The predicted octanol–water partition coefficient (Wildman–Crippen LogP) is 2.30. The highest BCUT2D eigenvalue weighted by atomic mass is 19.1. The molecule has 1 aromatic heterocycles. The van der Waals surface area contributed by atoms with Crippen LogP contribution in [-0.4, -0.2) is 4.98 Å². The molecule has 0 atom stereocenters. The lowest BCUT2D eigenvalue weighted by Gasteiger charge is -1.99. The van der Waals surface area contributed by atoms with Crippen molar-refractivity contribution >= 4 is 0 Å². The van der Waals surface area contributed by atoms with E-state index >= 15 is 0 Å². The van der Waals surface area contributed by atoms with E-state index in [0.29, 0.717) is 0 Å². The van der Waals surface area contributed by atoms with E-state index in [1.54, 1.807) is 0 Å². The Morgan fingerprint density at radius 3 is 2.00 bits per heavy atom. The number of pyridine rings is 1. The van der Waals surface area contributed by atoms with Gasteiger partial charge in [0, 0.05) is 5.56 Å². The van der Waals surface area contributed by atoms with E-state index in [0.717, 1.165) is 0 Å². The van der Waals surface area contributed by atoms with E-state index in [1.807, 2.05) is 18.8 Å². The molecule has 4 heteroatoms. The maximum absolute atomic E-state index is 12.8. The Hall–Kier alpha value is -1.19. The summed E-state index contributed by atoms with van der Waals surface area (Å²) in [6.45, 7) is 6.58. The topological polar surface area (TPSA) is 32.9 Å². The normalized spacial score (nSPS) is 9.08. The third-order valence-electron chi connectivity index (χ3n) is 1.55. The van der Waals surface area contributed by atoms with Crippen LogP contribution in [0.25, 0.3) is 0 Å². The summed E-state index contributed by atoms with van der Waals surface area (Å²) in [5, 5.41) is 0. The van der Waals surface area contributed by atoms with Crippen molar-refractivity contribution in [3.8, 4) is 0 Å². The van der Waals surface area contributed by atoms with E-state index < -0.39 is 17.3 Å². The van der Waals surface area contributed by atoms with Gasteiger partial charge in [-0.1, -0.05) is 13.8 Å². The van der Waals surface area contributed by atoms with Crippen molar-refractivity contribution in [1.29, 1.82) is 0 Å². The summed E-state index contributed by atoms with van der Waals surface area (Å²) < 4.78 is 25.3. The largest absolute Gasteiger partial charge is 0.298 e. The fraction of sp³-hybridized carbons (Fsp3) is 0.444. The Bertz CT molecular complexity index is 344. The predicted molar refractivity (Wildman–Crippen MR) is 47.8 cm³/mol. The summed E-state index contributed by atoms with van der Waals surface area (Å²) in [6, 6.07) is 0. The SMILES string of the molecule is CC.Cc1c(F)[nH]c(=O)c(C)c1F. The van der Waals surface area contributed by atoms with Gasteiger partial charge in [0.2, 0.25) is 0 Å².